The van der Waals surface area contributed by atoms with Gasteiger partial charge in [0.2, 0.25) is 5.09 Å². The summed E-state index contributed by atoms with van der Waals surface area (Å²) in [5, 5.41) is 10.2. The summed E-state index contributed by atoms with van der Waals surface area (Å²) in [5.74, 6) is 0. The first kappa shape index (κ1) is 16.4. The third-order valence-electron chi connectivity index (χ3n) is 4.47. The van der Waals surface area contributed by atoms with Gasteiger partial charge in [0.15, 0.2) is 0 Å². The van der Waals surface area contributed by atoms with Crippen LogP contribution in [0.3, 0.4) is 0 Å². The van der Waals surface area contributed by atoms with E-state index in [1.54, 1.807) is 12.1 Å². The normalized spacial score (nSPS) is 19.2. The van der Waals surface area contributed by atoms with E-state index in [-0.39, 0.29) is 17.7 Å². The van der Waals surface area contributed by atoms with Gasteiger partial charge in [-0.2, -0.15) is 4.31 Å². The molecule has 0 amide bonds. The lowest BCUT2D eigenvalue weighted by atomic mass is 10.2. The molecule has 7 heteroatoms. The van der Waals surface area contributed by atoms with Gasteiger partial charge in [-0.25, -0.2) is 8.42 Å². The van der Waals surface area contributed by atoms with Crippen LogP contribution in [-0.4, -0.2) is 61.6 Å². The molecule has 0 spiro atoms. The largest absolute Gasteiger partial charge is 0.443 e. The van der Waals surface area contributed by atoms with Crippen molar-refractivity contribution in [3.63, 3.8) is 0 Å². The van der Waals surface area contributed by atoms with Crippen LogP contribution in [0, 0.1) is 0 Å². The number of nitrogens with zero attached hydrogens (tertiary/aromatic N) is 2. The van der Waals surface area contributed by atoms with E-state index >= 15 is 0 Å². The fourth-order valence-electron chi connectivity index (χ4n) is 3.02. The molecule has 3 rings (SSSR count). The zero-order chi connectivity index (χ0) is 16.4. The quantitative estimate of drug-likeness (QED) is 0.894. The molecular weight excluding hydrogens is 316 g/mol. The SMILES string of the molecule is CC[C@H](CO)N1CCN(S(=O)(=O)c2cc3ccccc3o2)CC1. The van der Waals surface area contributed by atoms with Crippen LogP contribution >= 0.6 is 0 Å². The van der Waals surface area contributed by atoms with Crippen LogP contribution < -0.4 is 0 Å². The van der Waals surface area contributed by atoms with Crippen LogP contribution in [0.1, 0.15) is 13.3 Å². The van der Waals surface area contributed by atoms with Gasteiger partial charge in [0, 0.05) is 43.7 Å². The minimum Gasteiger partial charge on any atom is -0.443 e. The summed E-state index contributed by atoms with van der Waals surface area (Å²) in [6.45, 7) is 4.20. The first-order valence-corrected chi connectivity index (χ1v) is 9.34. The number of benzene rings is 1. The summed E-state index contributed by atoms with van der Waals surface area (Å²) in [5.41, 5.74) is 0.580. The average molecular weight is 338 g/mol. The van der Waals surface area contributed by atoms with Crippen LogP contribution in [0.4, 0.5) is 0 Å². The summed E-state index contributed by atoms with van der Waals surface area (Å²) < 4.78 is 32.5. The van der Waals surface area contributed by atoms with Crippen molar-refractivity contribution in [1.29, 1.82) is 0 Å². The van der Waals surface area contributed by atoms with Crippen LogP contribution in [0.25, 0.3) is 11.0 Å². The Kier molecular flexibility index (Phi) is 4.72. The molecule has 1 aliphatic heterocycles. The predicted molar refractivity (Wildman–Crippen MR) is 87.7 cm³/mol. The van der Waals surface area contributed by atoms with Crippen molar-refractivity contribution in [2.75, 3.05) is 32.8 Å². The molecule has 0 saturated carbocycles. The van der Waals surface area contributed by atoms with E-state index in [2.05, 4.69) is 4.90 Å². The molecule has 126 valence electrons. The number of hydrogen-bond donors (Lipinski definition) is 1. The van der Waals surface area contributed by atoms with Crippen LogP contribution in [0.5, 0.6) is 0 Å². The standard InChI is InChI=1S/C16H22N2O4S/c1-2-14(12-19)17-7-9-18(10-8-17)23(20,21)16-11-13-5-3-4-6-15(13)22-16/h3-6,11,14,19H,2,7-10,12H2,1H3/t14-/m1/s1. The smallest absolute Gasteiger partial charge is 0.276 e. The molecular formula is C16H22N2O4S. The fourth-order valence-corrected chi connectivity index (χ4v) is 4.39. The van der Waals surface area contributed by atoms with Crippen molar-refractivity contribution in [3.05, 3.63) is 30.3 Å². The molecule has 0 bridgehead atoms. The first-order chi connectivity index (χ1) is 11.1. The van der Waals surface area contributed by atoms with Crippen LogP contribution in [0.2, 0.25) is 0 Å². The topological polar surface area (TPSA) is 74.0 Å². The Labute approximate surface area is 136 Å². The minimum absolute atomic E-state index is 0.00125. The van der Waals surface area contributed by atoms with Crippen molar-refractivity contribution in [2.24, 2.45) is 0 Å². The van der Waals surface area contributed by atoms with Gasteiger partial charge < -0.3 is 9.52 Å². The van der Waals surface area contributed by atoms with Crippen molar-refractivity contribution in [3.8, 4) is 0 Å². The van der Waals surface area contributed by atoms with E-state index in [0.29, 0.717) is 31.8 Å². The van der Waals surface area contributed by atoms with Gasteiger partial charge in [-0.3, -0.25) is 4.90 Å². The Morgan fingerprint density at radius 2 is 1.91 bits per heavy atom. The molecule has 1 N–H and O–H groups in total. The van der Waals surface area contributed by atoms with Gasteiger partial charge in [-0.05, 0) is 12.5 Å². The van der Waals surface area contributed by atoms with Crippen molar-refractivity contribution in [2.45, 2.75) is 24.5 Å². The molecule has 1 fully saturated rings. The second-order valence-electron chi connectivity index (χ2n) is 5.79. The first-order valence-electron chi connectivity index (χ1n) is 7.90. The molecule has 2 aromatic rings. The number of aliphatic hydroxyl groups excluding tert-OH is 1. The third-order valence-corrected chi connectivity index (χ3v) is 6.22. The summed E-state index contributed by atoms with van der Waals surface area (Å²) in [4.78, 5) is 2.14. The molecule has 6 nitrogen and oxygen atoms in total. The lowest BCUT2D eigenvalue weighted by molar-refractivity contribution is 0.0877. The Morgan fingerprint density at radius 3 is 2.52 bits per heavy atom. The number of aliphatic hydroxyl groups is 1. The molecule has 1 saturated heterocycles. The number of furan rings is 1. The van der Waals surface area contributed by atoms with E-state index in [0.717, 1.165) is 11.8 Å². The van der Waals surface area contributed by atoms with Gasteiger partial charge in [-0.1, -0.05) is 25.1 Å². The van der Waals surface area contributed by atoms with E-state index in [1.165, 1.54) is 4.31 Å². The maximum Gasteiger partial charge on any atom is 0.276 e. The van der Waals surface area contributed by atoms with E-state index in [4.69, 9.17) is 4.42 Å². The molecule has 0 unspecified atom stereocenters. The highest BCUT2D eigenvalue weighted by atomic mass is 32.2. The molecule has 0 aliphatic carbocycles. The van der Waals surface area contributed by atoms with Gasteiger partial charge in [0.1, 0.15) is 5.58 Å². The second kappa shape index (κ2) is 6.60. The summed E-state index contributed by atoms with van der Waals surface area (Å²) in [6.07, 6.45) is 0.854. The number of hydrogen-bond acceptors (Lipinski definition) is 5. The van der Waals surface area contributed by atoms with Gasteiger partial charge in [0.25, 0.3) is 10.0 Å². The van der Waals surface area contributed by atoms with Crippen molar-refractivity contribution in [1.82, 2.24) is 9.21 Å². The zero-order valence-corrected chi connectivity index (χ0v) is 14.0. The predicted octanol–water partition coefficient (Wildman–Crippen LogP) is 1.51. The van der Waals surface area contributed by atoms with E-state index < -0.39 is 10.0 Å². The third kappa shape index (κ3) is 3.14. The minimum atomic E-state index is -3.61. The number of sulfonamides is 1. The maximum atomic E-state index is 12.7. The summed E-state index contributed by atoms with van der Waals surface area (Å²) in [7, 11) is -3.61. The van der Waals surface area contributed by atoms with Crippen molar-refractivity contribution < 1.29 is 17.9 Å². The molecule has 1 atom stereocenters. The Balaban J connectivity index is 1.76. The highest BCUT2D eigenvalue weighted by molar-refractivity contribution is 7.89. The van der Waals surface area contributed by atoms with Gasteiger partial charge in [0.05, 0.1) is 6.61 Å². The number of rotatable bonds is 5. The second-order valence-corrected chi connectivity index (χ2v) is 7.66. The maximum absolute atomic E-state index is 12.7. The fraction of sp³-hybridized carbons (Fsp3) is 0.500. The number of para-hydroxylation sites is 1. The molecule has 23 heavy (non-hydrogen) atoms. The highest BCUT2D eigenvalue weighted by Gasteiger charge is 2.32. The molecule has 2 heterocycles. The monoisotopic (exact) mass is 338 g/mol. The highest BCUT2D eigenvalue weighted by Crippen LogP contribution is 2.26. The molecule has 0 radical (unpaired) electrons. The Bertz CT molecular complexity index is 726. The molecule has 1 aromatic heterocycles. The van der Waals surface area contributed by atoms with Crippen LogP contribution in [0.15, 0.2) is 39.8 Å². The summed E-state index contributed by atoms with van der Waals surface area (Å²) >= 11 is 0. The lowest BCUT2D eigenvalue weighted by Gasteiger charge is -2.37. The Morgan fingerprint density at radius 1 is 1.22 bits per heavy atom. The molecule has 1 aliphatic rings. The number of piperazine rings is 1. The van der Waals surface area contributed by atoms with Gasteiger partial charge in [-0.15, -0.1) is 0 Å². The lowest BCUT2D eigenvalue weighted by Crippen LogP contribution is -2.52. The zero-order valence-electron chi connectivity index (χ0n) is 13.2. The number of fused-ring (bicyclic) bond motifs is 1. The van der Waals surface area contributed by atoms with E-state index in [9.17, 15) is 13.5 Å². The molecule has 1 aromatic carbocycles. The van der Waals surface area contributed by atoms with Gasteiger partial charge >= 0.3 is 0 Å². The summed E-state index contributed by atoms with van der Waals surface area (Å²) in [6, 6.07) is 8.96. The Hall–Kier alpha value is -1.41. The van der Waals surface area contributed by atoms with Crippen molar-refractivity contribution >= 4 is 21.0 Å². The average Bonchev–Trinajstić information content (AvgIpc) is 3.01. The van der Waals surface area contributed by atoms with E-state index in [1.807, 2.05) is 25.1 Å². The van der Waals surface area contributed by atoms with Crippen LogP contribution in [-0.2, 0) is 10.0 Å².